The average molecular weight is 251 g/mol. The number of carboxylic acids is 1. The first-order valence-electron chi connectivity index (χ1n) is 6.50. The van der Waals surface area contributed by atoms with Crippen molar-refractivity contribution in [1.29, 1.82) is 0 Å². The first-order chi connectivity index (χ1) is 8.72. The van der Waals surface area contributed by atoms with Crippen LogP contribution in [0, 0.1) is 5.92 Å². The Hall–Kier alpha value is -1.43. The van der Waals surface area contributed by atoms with Crippen LogP contribution < -0.4 is 0 Å². The quantitative estimate of drug-likeness (QED) is 0.867. The van der Waals surface area contributed by atoms with E-state index in [1.165, 1.54) is 0 Å². The standard InChI is InChI=1S/C12H17N3O3/c16-12(17)9-2-1-5-15(6-9)7-10-13-11(18-14-10)8-3-4-8/h8-9H,1-7H2,(H,16,17)/t9-/m0/s1. The fraction of sp³-hybridized carbons (Fsp3) is 0.750. The van der Waals surface area contributed by atoms with Crippen molar-refractivity contribution in [3.05, 3.63) is 11.7 Å². The van der Waals surface area contributed by atoms with Gasteiger partial charge in [0.05, 0.1) is 12.5 Å². The van der Waals surface area contributed by atoms with Gasteiger partial charge in [0.2, 0.25) is 5.89 Å². The Morgan fingerprint density at radius 1 is 1.44 bits per heavy atom. The molecule has 2 fully saturated rings. The van der Waals surface area contributed by atoms with Crippen molar-refractivity contribution in [1.82, 2.24) is 15.0 Å². The Labute approximate surface area is 105 Å². The highest BCUT2D eigenvalue weighted by Gasteiger charge is 2.30. The molecule has 0 unspecified atom stereocenters. The van der Waals surface area contributed by atoms with Crippen molar-refractivity contribution in [2.75, 3.05) is 13.1 Å². The summed E-state index contributed by atoms with van der Waals surface area (Å²) < 4.78 is 5.20. The third-order valence-electron chi connectivity index (χ3n) is 3.63. The Balaban J connectivity index is 1.59. The summed E-state index contributed by atoms with van der Waals surface area (Å²) in [6, 6.07) is 0. The van der Waals surface area contributed by atoms with Gasteiger partial charge < -0.3 is 9.63 Å². The molecular weight excluding hydrogens is 234 g/mol. The molecule has 0 radical (unpaired) electrons. The lowest BCUT2D eigenvalue weighted by atomic mass is 9.98. The van der Waals surface area contributed by atoms with Gasteiger partial charge in [0.15, 0.2) is 5.82 Å². The van der Waals surface area contributed by atoms with Crippen LogP contribution >= 0.6 is 0 Å². The molecule has 0 amide bonds. The predicted octanol–water partition coefficient (Wildman–Crippen LogP) is 1.24. The molecule has 6 heteroatoms. The number of rotatable bonds is 4. The molecular formula is C12H17N3O3. The van der Waals surface area contributed by atoms with Gasteiger partial charge in [-0.25, -0.2) is 0 Å². The largest absolute Gasteiger partial charge is 0.481 e. The summed E-state index contributed by atoms with van der Waals surface area (Å²) in [6.07, 6.45) is 3.98. The number of carbonyl (C=O) groups is 1. The van der Waals surface area contributed by atoms with Crippen molar-refractivity contribution in [2.24, 2.45) is 5.92 Å². The second-order valence-corrected chi connectivity index (χ2v) is 5.24. The highest BCUT2D eigenvalue weighted by Crippen LogP contribution is 2.38. The van der Waals surface area contributed by atoms with Crippen LogP contribution in [-0.2, 0) is 11.3 Å². The van der Waals surface area contributed by atoms with E-state index in [-0.39, 0.29) is 5.92 Å². The molecule has 3 rings (SSSR count). The summed E-state index contributed by atoms with van der Waals surface area (Å²) in [6.45, 7) is 2.10. The Bertz CT molecular complexity index is 442. The van der Waals surface area contributed by atoms with Gasteiger partial charge in [-0.1, -0.05) is 5.16 Å². The summed E-state index contributed by atoms with van der Waals surface area (Å²) in [5.74, 6) is 0.944. The molecule has 2 heterocycles. The van der Waals surface area contributed by atoms with E-state index in [9.17, 15) is 4.79 Å². The molecule has 1 atom stereocenters. The van der Waals surface area contributed by atoms with Crippen LogP contribution in [0.2, 0.25) is 0 Å². The summed E-state index contributed by atoms with van der Waals surface area (Å²) in [5, 5.41) is 13.0. The molecule has 1 saturated heterocycles. The number of aliphatic carboxylic acids is 1. The smallest absolute Gasteiger partial charge is 0.307 e. The lowest BCUT2D eigenvalue weighted by Crippen LogP contribution is -2.38. The third kappa shape index (κ3) is 2.53. The molecule has 0 aromatic carbocycles. The zero-order valence-electron chi connectivity index (χ0n) is 10.2. The van der Waals surface area contributed by atoms with Crippen LogP contribution in [-0.4, -0.2) is 39.2 Å². The number of hydrogen-bond acceptors (Lipinski definition) is 5. The van der Waals surface area contributed by atoms with Gasteiger partial charge in [-0.3, -0.25) is 9.69 Å². The lowest BCUT2D eigenvalue weighted by molar-refractivity contribution is -0.143. The van der Waals surface area contributed by atoms with E-state index in [0.717, 1.165) is 38.1 Å². The summed E-state index contributed by atoms with van der Waals surface area (Å²) in [5.41, 5.74) is 0. The van der Waals surface area contributed by atoms with Crippen LogP contribution in [0.4, 0.5) is 0 Å². The van der Waals surface area contributed by atoms with E-state index in [0.29, 0.717) is 24.8 Å². The van der Waals surface area contributed by atoms with Crippen LogP contribution in [0.3, 0.4) is 0 Å². The van der Waals surface area contributed by atoms with Gasteiger partial charge >= 0.3 is 5.97 Å². The third-order valence-corrected chi connectivity index (χ3v) is 3.63. The molecule has 1 N–H and O–H groups in total. The van der Waals surface area contributed by atoms with Crippen molar-refractivity contribution in [2.45, 2.75) is 38.1 Å². The highest BCUT2D eigenvalue weighted by atomic mass is 16.5. The molecule has 0 bridgehead atoms. The summed E-state index contributed by atoms with van der Waals surface area (Å²) in [4.78, 5) is 17.4. The number of carboxylic acid groups (broad SMARTS) is 1. The molecule has 0 spiro atoms. The zero-order chi connectivity index (χ0) is 12.5. The molecule has 1 aliphatic carbocycles. The van der Waals surface area contributed by atoms with Gasteiger partial charge in [-0.15, -0.1) is 0 Å². The van der Waals surface area contributed by atoms with Crippen molar-refractivity contribution in [3.63, 3.8) is 0 Å². The Morgan fingerprint density at radius 3 is 3.00 bits per heavy atom. The molecule has 1 aromatic rings. The van der Waals surface area contributed by atoms with Crippen molar-refractivity contribution in [3.8, 4) is 0 Å². The molecule has 6 nitrogen and oxygen atoms in total. The maximum atomic E-state index is 11.0. The minimum Gasteiger partial charge on any atom is -0.481 e. The molecule has 98 valence electrons. The van der Waals surface area contributed by atoms with E-state index >= 15 is 0 Å². The maximum absolute atomic E-state index is 11.0. The molecule has 2 aliphatic rings. The summed E-state index contributed by atoms with van der Waals surface area (Å²) in [7, 11) is 0. The molecule has 1 saturated carbocycles. The van der Waals surface area contributed by atoms with E-state index in [4.69, 9.17) is 9.63 Å². The number of nitrogens with zero attached hydrogens (tertiary/aromatic N) is 3. The number of hydrogen-bond donors (Lipinski definition) is 1. The fourth-order valence-corrected chi connectivity index (χ4v) is 2.43. The average Bonchev–Trinajstić information content (AvgIpc) is 3.11. The minimum absolute atomic E-state index is 0.256. The van der Waals surface area contributed by atoms with Gasteiger partial charge in [0.1, 0.15) is 0 Å². The predicted molar refractivity (Wildman–Crippen MR) is 61.9 cm³/mol. The SMILES string of the molecule is O=C(O)[C@H]1CCCN(Cc2noc(C3CC3)n2)C1. The van der Waals surface area contributed by atoms with Gasteiger partial charge in [-0.05, 0) is 32.2 Å². The van der Waals surface area contributed by atoms with Crippen LogP contribution in [0.25, 0.3) is 0 Å². The van der Waals surface area contributed by atoms with Gasteiger partial charge in [0.25, 0.3) is 0 Å². The minimum atomic E-state index is -0.702. The summed E-state index contributed by atoms with van der Waals surface area (Å²) >= 11 is 0. The van der Waals surface area contributed by atoms with Crippen LogP contribution in [0.15, 0.2) is 4.52 Å². The molecule has 1 aromatic heterocycles. The normalized spacial score (nSPS) is 25.2. The lowest BCUT2D eigenvalue weighted by Gasteiger charge is -2.29. The zero-order valence-corrected chi connectivity index (χ0v) is 10.2. The van der Waals surface area contributed by atoms with Gasteiger partial charge in [-0.2, -0.15) is 4.98 Å². The second-order valence-electron chi connectivity index (χ2n) is 5.24. The number of aromatic nitrogens is 2. The maximum Gasteiger partial charge on any atom is 0.307 e. The second kappa shape index (κ2) is 4.68. The Kier molecular flexibility index (Phi) is 3.03. The van der Waals surface area contributed by atoms with Gasteiger partial charge in [0, 0.05) is 12.5 Å². The molecule has 18 heavy (non-hydrogen) atoms. The van der Waals surface area contributed by atoms with E-state index in [1.807, 2.05) is 0 Å². The van der Waals surface area contributed by atoms with Crippen molar-refractivity contribution >= 4 is 5.97 Å². The van der Waals surface area contributed by atoms with Crippen LogP contribution in [0.1, 0.15) is 43.3 Å². The first-order valence-corrected chi connectivity index (χ1v) is 6.50. The van der Waals surface area contributed by atoms with Crippen molar-refractivity contribution < 1.29 is 14.4 Å². The monoisotopic (exact) mass is 251 g/mol. The number of likely N-dealkylation sites (tertiary alicyclic amines) is 1. The fourth-order valence-electron chi connectivity index (χ4n) is 2.43. The number of piperidine rings is 1. The molecule has 1 aliphatic heterocycles. The van der Waals surface area contributed by atoms with E-state index in [2.05, 4.69) is 15.0 Å². The topological polar surface area (TPSA) is 79.5 Å². The van der Waals surface area contributed by atoms with Crippen LogP contribution in [0.5, 0.6) is 0 Å². The highest BCUT2D eigenvalue weighted by molar-refractivity contribution is 5.70. The Morgan fingerprint density at radius 2 is 2.28 bits per heavy atom. The van der Waals surface area contributed by atoms with E-state index < -0.39 is 5.97 Å². The van der Waals surface area contributed by atoms with E-state index in [1.54, 1.807) is 0 Å². The first kappa shape index (κ1) is 11.6.